The number of halogens is 2. The highest BCUT2D eigenvalue weighted by Crippen LogP contribution is 2.25. The quantitative estimate of drug-likeness (QED) is 0.451. The number of amides is 5. The molecule has 1 N–H and O–H groups in total. The molecule has 1 aliphatic rings. The van der Waals surface area contributed by atoms with Gasteiger partial charge in [0.05, 0.1) is 5.69 Å². The van der Waals surface area contributed by atoms with Crippen LogP contribution in [0.25, 0.3) is 0 Å². The zero-order valence-electron chi connectivity index (χ0n) is 12.8. The van der Waals surface area contributed by atoms with Gasteiger partial charge in [0.2, 0.25) is 5.91 Å². The molecule has 0 bridgehead atoms. The van der Waals surface area contributed by atoms with Gasteiger partial charge in [0.25, 0.3) is 0 Å². The molecule has 1 heterocycles. The summed E-state index contributed by atoms with van der Waals surface area (Å²) in [5, 5.41) is 2.25. The number of carbonyl (C=O) groups is 4. The van der Waals surface area contributed by atoms with E-state index in [1.54, 1.807) is 0 Å². The van der Waals surface area contributed by atoms with E-state index in [-0.39, 0.29) is 18.0 Å². The van der Waals surface area contributed by atoms with E-state index in [9.17, 15) is 28.0 Å². The molecule has 132 valence electrons. The highest BCUT2D eigenvalue weighted by atomic mass is 19.3. The van der Waals surface area contributed by atoms with Crippen molar-refractivity contribution in [3.05, 3.63) is 36.9 Å². The first kappa shape index (κ1) is 18.0. The molecule has 0 atom stereocenters. The predicted molar refractivity (Wildman–Crippen MR) is 80.7 cm³/mol. The fourth-order valence-corrected chi connectivity index (χ4v) is 2.08. The van der Waals surface area contributed by atoms with E-state index in [1.165, 1.54) is 30.3 Å². The minimum absolute atomic E-state index is 0.0684. The van der Waals surface area contributed by atoms with Gasteiger partial charge in [0.15, 0.2) is 0 Å². The van der Waals surface area contributed by atoms with Crippen LogP contribution in [0.1, 0.15) is 0 Å². The highest BCUT2D eigenvalue weighted by Gasteiger charge is 2.44. The van der Waals surface area contributed by atoms with Crippen molar-refractivity contribution >= 4 is 29.4 Å². The first-order valence-corrected chi connectivity index (χ1v) is 6.97. The van der Waals surface area contributed by atoms with Gasteiger partial charge in [0, 0.05) is 6.54 Å². The number of nitrogens with zero attached hydrogens (tertiary/aromatic N) is 2. The van der Waals surface area contributed by atoms with E-state index in [2.05, 4.69) is 16.6 Å². The Hall–Kier alpha value is -3.30. The summed E-state index contributed by atoms with van der Waals surface area (Å²) in [4.78, 5) is 48.5. The fourth-order valence-electron chi connectivity index (χ4n) is 2.08. The Morgan fingerprint density at radius 3 is 2.48 bits per heavy atom. The van der Waals surface area contributed by atoms with Crippen LogP contribution in [0, 0.1) is 0 Å². The maximum Gasteiger partial charge on any atom is 0.387 e. The Balaban J connectivity index is 2.08. The number of nitrogens with one attached hydrogen (secondary N) is 1. The SMILES string of the molecule is C=CCN1C(=O)C(=O)N(CC(=O)Nc2ccccc2OC(F)F)C1=O. The lowest BCUT2D eigenvalue weighted by Crippen LogP contribution is -2.39. The average Bonchev–Trinajstić information content (AvgIpc) is 2.74. The molecule has 5 amide bonds. The van der Waals surface area contributed by atoms with Crippen molar-refractivity contribution in [1.82, 2.24) is 9.80 Å². The summed E-state index contributed by atoms with van der Waals surface area (Å²) in [6, 6.07) is 4.45. The molecule has 8 nitrogen and oxygen atoms in total. The lowest BCUT2D eigenvalue weighted by molar-refractivity contribution is -0.143. The van der Waals surface area contributed by atoms with Crippen LogP contribution in [0.3, 0.4) is 0 Å². The number of alkyl halides is 2. The molecule has 10 heteroatoms. The van der Waals surface area contributed by atoms with Crippen LogP contribution >= 0.6 is 0 Å². The number of imide groups is 2. The Morgan fingerprint density at radius 1 is 1.20 bits per heavy atom. The van der Waals surface area contributed by atoms with Gasteiger partial charge in [-0.15, -0.1) is 6.58 Å². The van der Waals surface area contributed by atoms with Crippen molar-refractivity contribution in [2.24, 2.45) is 0 Å². The van der Waals surface area contributed by atoms with E-state index in [0.717, 1.165) is 0 Å². The van der Waals surface area contributed by atoms with E-state index in [4.69, 9.17) is 0 Å². The third-order valence-electron chi connectivity index (χ3n) is 3.13. The number of urea groups is 1. The molecular formula is C15H13F2N3O5. The van der Waals surface area contributed by atoms with Crippen molar-refractivity contribution in [1.29, 1.82) is 0 Å². The predicted octanol–water partition coefficient (Wildman–Crippen LogP) is 1.20. The van der Waals surface area contributed by atoms with Crippen molar-refractivity contribution in [3.8, 4) is 5.75 Å². The van der Waals surface area contributed by atoms with E-state index >= 15 is 0 Å². The number of para-hydroxylation sites is 2. The minimum atomic E-state index is -3.09. The van der Waals surface area contributed by atoms with Crippen LogP contribution in [0.4, 0.5) is 19.3 Å². The Labute approximate surface area is 140 Å². The molecule has 25 heavy (non-hydrogen) atoms. The maximum atomic E-state index is 12.3. The first-order chi connectivity index (χ1) is 11.8. The molecule has 1 saturated heterocycles. The standard InChI is InChI=1S/C15H13F2N3O5/c1-2-7-19-12(22)13(23)20(15(19)24)8-11(21)18-9-5-3-4-6-10(9)25-14(16)17/h2-6,14H,1,7-8H2,(H,18,21). The fraction of sp³-hybridized carbons (Fsp3) is 0.200. The highest BCUT2D eigenvalue weighted by molar-refractivity contribution is 6.45. The van der Waals surface area contributed by atoms with Crippen LogP contribution in [0.15, 0.2) is 36.9 Å². The van der Waals surface area contributed by atoms with Crippen LogP contribution in [0.2, 0.25) is 0 Å². The van der Waals surface area contributed by atoms with E-state index in [1.807, 2.05) is 0 Å². The van der Waals surface area contributed by atoms with Gasteiger partial charge in [-0.3, -0.25) is 19.3 Å². The summed E-state index contributed by atoms with van der Waals surface area (Å²) in [5.74, 6) is -3.37. The largest absolute Gasteiger partial charge is 0.433 e. The number of hydrogen-bond acceptors (Lipinski definition) is 5. The monoisotopic (exact) mass is 353 g/mol. The molecule has 0 spiro atoms. The van der Waals surface area contributed by atoms with Gasteiger partial charge in [-0.25, -0.2) is 9.69 Å². The summed E-state index contributed by atoms with van der Waals surface area (Å²) in [7, 11) is 0. The normalized spacial score (nSPS) is 14.3. The molecule has 1 aromatic carbocycles. The third kappa shape index (κ3) is 3.97. The molecular weight excluding hydrogens is 340 g/mol. The molecule has 0 aromatic heterocycles. The number of hydrogen-bond donors (Lipinski definition) is 1. The van der Waals surface area contributed by atoms with Crippen LogP contribution < -0.4 is 10.1 Å². The molecule has 0 saturated carbocycles. The Morgan fingerprint density at radius 2 is 1.84 bits per heavy atom. The molecule has 1 aromatic rings. The summed E-state index contributed by atoms with van der Waals surface area (Å²) >= 11 is 0. The van der Waals surface area contributed by atoms with Gasteiger partial charge >= 0.3 is 24.5 Å². The Bertz CT molecular complexity index is 738. The second-order valence-electron chi connectivity index (χ2n) is 4.80. The maximum absolute atomic E-state index is 12.3. The molecule has 0 aliphatic carbocycles. The van der Waals surface area contributed by atoms with Crippen molar-refractivity contribution in [3.63, 3.8) is 0 Å². The topological polar surface area (TPSA) is 96.0 Å². The minimum Gasteiger partial charge on any atom is -0.433 e. The van der Waals surface area contributed by atoms with Gasteiger partial charge in [0.1, 0.15) is 12.3 Å². The van der Waals surface area contributed by atoms with Gasteiger partial charge in [-0.2, -0.15) is 8.78 Å². The smallest absolute Gasteiger partial charge is 0.387 e. The number of anilines is 1. The summed E-state index contributed by atoms with van der Waals surface area (Å²) in [6.45, 7) is -0.654. The lowest BCUT2D eigenvalue weighted by atomic mass is 10.3. The Kier molecular flexibility index (Phi) is 5.42. The van der Waals surface area contributed by atoms with Crippen molar-refractivity contribution < 1.29 is 32.7 Å². The van der Waals surface area contributed by atoms with Crippen LogP contribution in [-0.4, -0.2) is 53.3 Å². The zero-order chi connectivity index (χ0) is 18.6. The van der Waals surface area contributed by atoms with Gasteiger partial charge in [-0.1, -0.05) is 18.2 Å². The molecule has 1 aliphatic heterocycles. The number of ether oxygens (including phenoxy) is 1. The van der Waals surface area contributed by atoms with Crippen LogP contribution in [0.5, 0.6) is 5.75 Å². The summed E-state index contributed by atoms with van der Waals surface area (Å²) < 4.78 is 28.9. The number of rotatable bonds is 7. The molecule has 2 rings (SSSR count). The summed E-state index contributed by atoms with van der Waals surface area (Å²) in [5.41, 5.74) is -0.0684. The second kappa shape index (κ2) is 7.51. The molecule has 0 unspecified atom stereocenters. The lowest BCUT2D eigenvalue weighted by Gasteiger charge is -2.15. The number of carbonyl (C=O) groups excluding carboxylic acids is 4. The molecule has 0 radical (unpaired) electrons. The zero-order valence-corrected chi connectivity index (χ0v) is 12.8. The average molecular weight is 353 g/mol. The molecule has 1 fully saturated rings. The first-order valence-electron chi connectivity index (χ1n) is 6.97. The van der Waals surface area contributed by atoms with Crippen LogP contribution in [-0.2, 0) is 14.4 Å². The third-order valence-corrected chi connectivity index (χ3v) is 3.13. The van der Waals surface area contributed by atoms with Gasteiger partial charge in [-0.05, 0) is 12.1 Å². The van der Waals surface area contributed by atoms with E-state index in [0.29, 0.717) is 9.80 Å². The van der Waals surface area contributed by atoms with Gasteiger partial charge < -0.3 is 10.1 Å². The van der Waals surface area contributed by atoms with Crippen molar-refractivity contribution in [2.45, 2.75) is 6.61 Å². The van der Waals surface area contributed by atoms with E-state index < -0.39 is 36.9 Å². The second-order valence-corrected chi connectivity index (χ2v) is 4.80. The van der Waals surface area contributed by atoms with Crippen molar-refractivity contribution in [2.75, 3.05) is 18.4 Å². The summed E-state index contributed by atoms with van der Waals surface area (Å²) in [6.07, 6.45) is 1.25. The number of benzene rings is 1.